The summed E-state index contributed by atoms with van der Waals surface area (Å²) >= 11 is 0. The summed E-state index contributed by atoms with van der Waals surface area (Å²) in [5, 5.41) is 0. The van der Waals surface area contributed by atoms with Crippen molar-refractivity contribution in [3.63, 3.8) is 0 Å². The number of nitrogens with two attached hydrogens (primary N) is 1. The third-order valence-corrected chi connectivity index (χ3v) is 2.49. The number of ether oxygens (including phenoxy) is 2. The molecular weight excluding hydrogens is 324 g/mol. The third-order valence-electron chi connectivity index (χ3n) is 2.49. The van der Waals surface area contributed by atoms with Crippen molar-refractivity contribution in [1.82, 2.24) is 0 Å². The van der Waals surface area contributed by atoms with Crippen LogP contribution in [-0.4, -0.2) is 18.5 Å². The van der Waals surface area contributed by atoms with E-state index < -0.39 is 11.9 Å². The van der Waals surface area contributed by atoms with Gasteiger partial charge in [-0.3, -0.25) is 0 Å². The molecule has 2 N–H and O–H groups in total. The first-order chi connectivity index (χ1) is 9.66. The normalized spacial score (nSPS) is 9.33. The summed E-state index contributed by atoms with van der Waals surface area (Å²) < 4.78 is 9.83. The Labute approximate surface area is 134 Å². The van der Waals surface area contributed by atoms with E-state index in [4.69, 9.17) is 10.5 Å². The first-order valence-electron chi connectivity index (χ1n) is 5.94. The fourth-order valence-corrected chi connectivity index (χ4v) is 1.53. The number of anilines is 1. The summed E-state index contributed by atoms with van der Waals surface area (Å²) in [7, 11) is 0. The Bertz CT molecular complexity index is 616. The minimum atomic E-state index is -0.787. The SMILES string of the molecule is Nc1ccccc1C(=O)OC(=O)COc1ccccc1.[Zn]. The maximum absolute atomic E-state index is 11.7. The summed E-state index contributed by atoms with van der Waals surface area (Å²) in [6, 6.07) is 15.1. The van der Waals surface area contributed by atoms with E-state index in [1.54, 1.807) is 42.5 Å². The maximum atomic E-state index is 11.7. The summed E-state index contributed by atoms with van der Waals surface area (Å²) in [5.41, 5.74) is 6.03. The van der Waals surface area contributed by atoms with Crippen LogP contribution in [0.4, 0.5) is 5.69 Å². The number of hydrogen-bond donors (Lipinski definition) is 1. The van der Waals surface area contributed by atoms with Crippen molar-refractivity contribution in [1.29, 1.82) is 0 Å². The quantitative estimate of drug-likeness (QED) is 0.400. The molecular formula is C15H13NO4Zn. The van der Waals surface area contributed by atoms with Crippen LogP contribution in [0, 0.1) is 0 Å². The largest absolute Gasteiger partial charge is 0.482 e. The van der Waals surface area contributed by atoms with Gasteiger partial charge in [-0.05, 0) is 24.3 Å². The van der Waals surface area contributed by atoms with Crippen molar-refractivity contribution in [3.8, 4) is 5.75 Å². The van der Waals surface area contributed by atoms with Crippen molar-refractivity contribution in [2.45, 2.75) is 0 Å². The van der Waals surface area contributed by atoms with Crippen molar-refractivity contribution >= 4 is 17.6 Å². The number of hydrogen-bond acceptors (Lipinski definition) is 5. The van der Waals surface area contributed by atoms with Gasteiger partial charge in [0.1, 0.15) is 5.75 Å². The van der Waals surface area contributed by atoms with Gasteiger partial charge in [0.2, 0.25) is 0 Å². The zero-order chi connectivity index (χ0) is 14.4. The van der Waals surface area contributed by atoms with E-state index in [2.05, 4.69) is 4.74 Å². The van der Waals surface area contributed by atoms with Gasteiger partial charge in [-0.2, -0.15) is 0 Å². The smallest absolute Gasteiger partial charge is 0.352 e. The molecule has 21 heavy (non-hydrogen) atoms. The van der Waals surface area contributed by atoms with E-state index >= 15 is 0 Å². The van der Waals surface area contributed by atoms with Gasteiger partial charge in [-0.25, -0.2) is 9.59 Å². The molecule has 0 saturated heterocycles. The van der Waals surface area contributed by atoms with E-state index in [0.29, 0.717) is 5.75 Å². The molecule has 0 aliphatic carbocycles. The van der Waals surface area contributed by atoms with Crippen LogP contribution in [-0.2, 0) is 29.0 Å². The molecule has 0 aliphatic rings. The molecule has 2 aromatic rings. The van der Waals surface area contributed by atoms with E-state index in [0.717, 1.165) is 0 Å². The number of carbonyl (C=O) groups excluding carboxylic acids is 2. The second-order valence-corrected chi connectivity index (χ2v) is 3.95. The van der Waals surface area contributed by atoms with Crippen molar-refractivity contribution in [3.05, 3.63) is 60.2 Å². The van der Waals surface area contributed by atoms with Crippen LogP contribution < -0.4 is 10.5 Å². The molecule has 0 radical (unpaired) electrons. The van der Waals surface area contributed by atoms with Crippen LogP contribution in [0.15, 0.2) is 54.6 Å². The van der Waals surface area contributed by atoms with Gasteiger partial charge >= 0.3 is 11.9 Å². The molecule has 0 amide bonds. The zero-order valence-corrected chi connectivity index (χ0v) is 14.3. The summed E-state index contributed by atoms with van der Waals surface area (Å²) in [6.07, 6.45) is 0. The van der Waals surface area contributed by atoms with Crippen molar-refractivity contribution in [2.24, 2.45) is 0 Å². The van der Waals surface area contributed by atoms with E-state index in [1.807, 2.05) is 6.07 Å². The maximum Gasteiger partial charge on any atom is 0.352 e. The molecule has 0 bridgehead atoms. The van der Waals surface area contributed by atoms with Crippen molar-refractivity contribution < 1.29 is 38.5 Å². The Morgan fingerprint density at radius 2 is 1.57 bits per heavy atom. The molecule has 0 spiro atoms. The first-order valence-corrected chi connectivity index (χ1v) is 5.94. The first kappa shape index (κ1) is 16.9. The van der Waals surface area contributed by atoms with Gasteiger partial charge in [0.15, 0.2) is 6.61 Å². The Hall–Kier alpha value is -2.20. The summed E-state index contributed by atoms with van der Waals surface area (Å²) in [6.45, 7) is -0.345. The average molecular weight is 337 g/mol. The van der Waals surface area contributed by atoms with E-state index in [1.165, 1.54) is 6.07 Å². The predicted molar refractivity (Wildman–Crippen MR) is 73.2 cm³/mol. The van der Waals surface area contributed by atoms with Crippen LogP contribution in [0.1, 0.15) is 10.4 Å². The molecule has 0 heterocycles. The average Bonchev–Trinajstić information content (AvgIpc) is 2.46. The third kappa shape index (κ3) is 5.01. The topological polar surface area (TPSA) is 78.6 Å². The van der Waals surface area contributed by atoms with Crippen LogP contribution in [0.25, 0.3) is 0 Å². The molecule has 0 unspecified atom stereocenters. The van der Waals surface area contributed by atoms with E-state index in [9.17, 15) is 9.59 Å². The molecule has 0 aromatic heterocycles. The Morgan fingerprint density at radius 1 is 0.952 bits per heavy atom. The molecule has 0 aliphatic heterocycles. The predicted octanol–water partition coefficient (Wildman–Crippen LogP) is 2.03. The molecule has 104 valence electrons. The van der Waals surface area contributed by atoms with Crippen LogP contribution >= 0.6 is 0 Å². The van der Waals surface area contributed by atoms with Gasteiger partial charge < -0.3 is 15.2 Å². The molecule has 2 aromatic carbocycles. The molecule has 0 fully saturated rings. The van der Waals surface area contributed by atoms with E-state index in [-0.39, 0.29) is 37.3 Å². The van der Waals surface area contributed by atoms with Gasteiger partial charge in [0, 0.05) is 25.2 Å². The number of nitrogen functional groups attached to an aromatic ring is 1. The molecule has 5 nitrogen and oxygen atoms in total. The molecule has 6 heteroatoms. The molecule has 0 saturated carbocycles. The number of rotatable bonds is 4. The minimum Gasteiger partial charge on any atom is -0.482 e. The van der Waals surface area contributed by atoms with Crippen LogP contribution in [0.5, 0.6) is 5.75 Å². The van der Waals surface area contributed by atoms with Crippen molar-refractivity contribution in [2.75, 3.05) is 12.3 Å². The standard InChI is InChI=1S/C15H13NO4.Zn/c16-13-9-5-4-8-12(13)15(18)20-14(17)10-19-11-6-2-1-3-7-11;/h1-9H,10,16H2;. The minimum absolute atomic E-state index is 0. The Balaban J connectivity index is 0.00000220. The number of para-hydroxylation sites is 2. The second-order valence-electron chi connectivity index (χ2n) is 3.95. The Kier molecular flexibility index (Phi) is 6.56. The summed E-state index contributed by atoms with van der Waals surface area (Å²) in [4.78, 5) is 23.2. The number of esters is 2. The number of carbonyl (C=O) groups is 2. The van der Waals surface area contributed by atoms with Crippen LogP contribution in [0.3, 0.4) is 0 Å². The fourth-order valence-electron chi connectivity index (χ4n) is 1.53. The zero-order valence-electron chi connectivity index (χ0n) is 11.3. The number of benzene rings is 2. The fraction of sp³-hybridized carbons (Fsp3) is 0.0667. The van der Waals surface area contributed by atoms with Gasteiger partial charge in [0.05, 0.1) is 5.56 Å². The Morgan fingerprint density at radius 3 is 2.24 bits per heavy atom. The van der Waals surface area contributed by atoms with Crippen LogP contribution in [0.2, 0.25) is 0 Å². The van der Waals surface area contributed by atoms with Gasteiger partial charge in [-0.1, -0.05) is 30.3 Å². The summed E-state index contributed by atoms with van der Waals surface area (Å²) in [5.74, 6) is -1.04. The molecule has 2 rings (SSSR count). The van der Waals surface area contributed by atoms with Gasteiger partial charge in [-0.15, -0.1) is 0 Å². The monoisotopic (exact) mass is 335 g/mol. The second kappa shape index (κ2) is 8.17. The molecule has 0 atom stereocenters. The van der Waals surface area contributed by atoms with Gasteiger partial charge in [0.25, 0.3) is 0 Å².